The molecule has 180 valence electrons. The van der Waals surface area contributed by atoms with Gasteiger partial charge in [0.05, 0.1) is 31.4 Å². The van der Waals surface area contributed by atoms with Gasteiger partial charge in [-0.05, 0) is 36.2 Å². The normalized spacial score (nSPS) is 20.6. The van der Waals surface area contributed by atoms with E-state index in [0.29, 0.717) is 44.2 Å². The van der Waals surface area contributed by atoms with Gasteiger partial charge in [0.1, 0.15) is 11.5 Å². The number of aliphatic hydroxyl groups is 1. The Morgan fingerprint density at radius 1 is 1.15 bits per heavy atom. The van der Waals surface area contributed by atoms with Crippen molar-refractivity contribution < 1.29 is 24.2 Å². The lowest BCUT2D eigenvalue weighted by Gasteiger charge is -2.31. The number of aliphatic hydroxyl groups excluding tert-OH is 1. The van der Waals surface area contributed by atoms with E-state index in [4.69, 9.17) is 9.47 Å². The fourth-order valence-electron chi connectivity index (χ4n) is 4.30. The number of unbranched alkanes of at least 4 members (excludes halogenated alkanes) is 1. The Hall–Kier alpha value is -3.23. The summed E-state index contributed by atoms with van der Waals surface area (Å²) in [6.45, 7) is 6.54. The summed E-state index contributed by atoms with van der Waals surface area (Å²) in [6, 6.07) is 9.86. The van der Waals surface area contributed by atoms with Crippen molar-refractivity contribution in [2.45, 2.75) is 25.8 Å². The first-order valence-corrected chi connectivity index (χ1v) is 11.8. The summed E-state index contributed by atoms with van der Waals surface area (Å²) >= 11 is 0. The molecule has 2 aromatic rings. The van der Waals surface area contributed by atoms with Crippen LogP contribution in [0.3, 0.4) is 0 Å². The summed E-state index contributed by atoms with van der Waals surface area (Å²) < 4.78 is 11.2. The number of morpholine rings is 1. The van der Waals surface area contributed by atoms with Crippen LogP contribution in [0, 0.1) is 0 Å². The van der Waals surface area contributed by atoms with Crippen LogP contribution in [0.15, 0.2) is 54.4 Å². The number of carbonyl (C=O) groups is 2. The monoisotopic (exact) mass is 465 g/mol. The molecule has 4 rings (SSSR count). The number of hydrogen-bond acceptors (Lipinski definition) is 7. The minimum atomic E-state index is -0.686. The number of nitrogens with zero attached hydrogens (tertiary/aromatic N) is 3. The van der Waals surface area contributed by atoms with Gasteiger partial charge in [-0.1, -0.05) is 25.5 Å². The first-order valence-electron chi connectivity index (χ1n) is 11.8. The van der Waals surface area contributed by atoms with Gasteiger partial charge in [-0.3, -0.25) is 19.5 Å². The van der Waals surface area contributed by atoms with E-state index in [9.17, 15) is 14.7 Å². The molecule has 2 saturated heterocycles. The van der Waals surface area contributed by atoms with E-state index >= 15 is 0 Å². The molecule has 1 amide bonds. The fraction of sp³-hybridized carbons (Fsp3) is 0.423. The average molecular weight is 466 g/mol. The van der Waals surface area contributed by atoms with Gasteiger partial charge in [-0.25, -0.2) is 0 Å². The molecule has 1 unspecified atom stereocenters. The highest BCUT2D eigenvalue weighted by Crippen LogP contribution is 2.39. The summed E-state index contributed by atoms with van der Waals surface area (Å²) in [6.07, 6.45) is 5.19. The molecule has 3 heterocycles. The molecule has 1 aromatic carbocycles. The number of likely N-dealkylation sites (tertiary alicyclic amines) is 1. The largest absolute Gasteiger partial charge is 0.507 e. The van der Waals surface area contributed by atoms with E-state index in [-0.39, 0.29) is 11.3 Å². The van der Waals surface area contributed by atoms with E-state index in [1.165, 1.54) is 0 Å². The summed E-state index contributed by atoms with van der Waals surface area (Å²) in [5, 5.41) is 11.3. The average Bonchev–Trinajstić information content (AvgIpc) is 3.13. The number of hydrogen-bond donors (Lipinski definition) is 1. The molecule has 2 aliphatic rings. The number of rotatable bonds is 9. The van der Waals surface area contributed by atoms with Crippen molar-refractivity contribution in [1.82, 2.24) is 14.8 Å². The zero-order chi connectivity index (χ0) is 23.9. The Balaban J connectivity index is 1.66. The van der Waals surface area contributed by atoms with Crippen LogP contribution in [0.4, 0.5) is 0 Å². The highest BCUT2D eigenvalue weighted by Gasteiger charge is 2.46. The summed E-state index contributed by atoms with van der Waals surface area (Å²) in [5.41, 5.74) is 1.26. The van der Waals surface area contributed by atoms with Crippen molar-refractivity contribution in [2.24, 2.45) is 0 Å². The maximum atomic E-state index is 13.2. The number of aromatic nitrogens is 1. The topological polar surface area (TPSA) is 92.2 Å². The van der Waals surface area contributed by atoms with E-state index < -0.39 is 17.7 Å². The minimum absolute atomic E-state index is 0.0869. The Morgan fingerprint density at radius 3 is 2.65 bits per heavy atom. The van der Waals surface area contributed by atoms with Gasteiger partial charge in [0.15, 0.2) is 0 Å². The second kappa shape index (κ2) is 11.3. The number of amides is 1. The van der Waals surface area contributed by atoms with Crippen LogP contribution < -0.4 is 4.74 Å². The van der Waals surface area contributed by atoms with Crippen molar-refractivity contribution in [2.75, 3.05) is 46.0 Å². The molecule has 8 heteroatoms. The summed E-state index contributed by atoms with van der Waals surface area (Å²) in [4.78, 5) is 34.1. The maximum absolute atomic E-state index is 13.2. The lowest BCUT2D eigenvalue weighted by Crippen LogP contribution is -2.42. The molecular formula is C26H31N3O5. The molecule has 0 saturated carbocycles. The fourth-order valence-corrected chi connectivity index (χ4v) is 4.30. The summed E-state index contributed by atoms with van der Waals surface area (Å²) in [7, 11) is 0. The molecule has 0 bridgehead atoms. The van der Waals surface area contributed by atoms with Crippen LogP contribution in [0.5, 0.6) is 5.75 Å². The third-order valence-corrected chi connectivity index (χ3v) is 6.20. The van der Waals surface area contributed by atoms with E-state index in [0.717, 1.165) is 31.5 Å². The first-order chi connectivity index (χ1) is 16.6. The molecule has 0 spiro atoms. The predicted octanol–water partition coefficient (Wildman–Crippen LogP) is 3.01. The van der Waals surface area contributed by atoms with Crippen molar-refractivity contribution in [3.05, 3.63) is 65.5 Å². The molecule has 1 N–H and O–H groups in total. The van der Waals surface area contributed by atoms with Crippen LogP contribution in [0.25, 0.3) is 5.76 Å². The molecule has 34 heavy (non-hydrogen) atoms. The Bertz CT molecular complexity index is 1030. The molecule has 2 aliphatic heterocycles. The number of ether oxygens (including phenoxy) is 2. The zero-order valence-corrected chi connectivity index (χ0v) is 19.5. The predicted molar refractivity (Wildman–Crippen MR) is 127 cm³/mol. The second-order valence-electron chi connectivity index (χ2n) is 8.46. The molecule has 1 atom stereocenters. The van der Waals surface area contributed by atoms with Crippen LogP contribution in [-0.4, -0.2) is 77.6 Å². The van der Waals surface area contributed by atoms with E-state index in [1.807, 2.05) is 6.07 Å². The number of benzene rings is 1. The van der Waals surface area contributed by atoms with E-state index in [1.54, 1.807) is 47.6 Å². The van der Waals surface area contributed by atoms with Gasteiger partial charge in [0.25, 0.3) is 11.7 Å². The maximum Gasteiger partial charge on any atom is 0.295 e. The molecule has 1 aromatic heterocycles. The molecule has 0 aliphatic carbocycles. The first kappa shape index (κ1) is 23.9. The highest BCUT2D eigenvalue weighted by atomic mass is 16.5. The van der Waals surface area contributed by atoms with Gasteiger partial charge in [0.2, 0.25) is 0 Å². The minimum Gasteiger partial charge on any atom is -0.507 e. The lowest BCUT2D eigenvalue weighted by molar-refractivity contribution is -0.140. The van der Waals surface area contributed by atoms with Crippen LogP contribution in [0.2, 0.25) is 0 Å². The molecule has 8 nitrogen and oxygen atoms in total. The smallest absolute Gasteiger partial charge is 0.295 e. The van der Waals surface area contributed by atoms with Crippen LogP contribution >= 0.6 is 0 Å². The quantitative estimate of drug-likeness (QED) is 0.263. The third-order valence-electron chi connectivity index (χ3n) is 6.20. The van der Waals surface area contributed by atoms with Crippen molar-refractivity contribution in [1.29, 1.82) is 0 Å². The SMILES string of the molecule is CCCCOc1cccc(/C(O)=C2\C(=O)C(=O)N(CCN3CCOCC3)C2c2ccncc2)c1. The Labute approximate surface area is 199 Å². The standard InChI is InChI=1S/C26H31N3O5/c1-2-3-15-34-21-6-4-5-20(18-21)24(30)22-23(19-7-9-27-10-8-19)29(26(32)25(22)31)12-11-28-13-16-33-17-14-28/h4-10,18,23,30H,2-3,11-17H2,1H3/b24-22+. The van der Waals surface area contributed by atoms with Gasteiger partial charge in [-0.15, -0.1) is 0 Å². The number of pyridine rings is 1. The van der Waals surface area contributed by atoms with Crippen molar-refractivity contribution in [3.63, 3.8) is 0 Å². The zero-order valence-electron chi connectivity index (χ0n) is 19.5. The van der Waals surface area contributed by atoms with Crippen LogP contribution in [0.1, 0.15) is 36.9 Å². The molecule has 0 radical (unpaired) electrons. The number of ketones is 1. The van der Waals surface area contributed by atoms with E-state index in [2.05, 4.69) is 16.8 Å². The van der Waals surface area contributed by atoms with Crippen molar-refractivity contribution in [3.8, 4) is 5.75 Å². The van der Waals surface area contributed by atoms with Gasteiger partial charge in [-0.2, -0.15) is 0 Å². The number of carbonyl (C=O) groups excluding carboxylic acids is 2. The van der Waals surface area contributed by atoms with Gasteiger partial charge < -0.3 is 19.5 Å². The number of Topliss-reactive ketones (excluding diaryl/α,β-unsaturated/α-hetero) is 1. The van der Waals surface area contributed by atoms with Crippen molar-refractivity contribution >= 4 is 17.4 Å². The second-order valence-corrected chi connectivity index (χ2v) is 8.46. The van der Waals surface area contributed by atoms with Gasteiger partial charge in [0, 0.05) is 44.1 Å². The molecular weight excluding hydrogens is 434 g/mol. The van der Waals surface area contributed by atoms with Gasteiger partial charge >= 0.3 is 0 Å². The third kappa shape index (κ3) is 5.29. The Kier molecular flexibility index (Phi) is 7.92. The van der Waals surface area contributed by atoms with Crippen LogP contribution in [-0.2, 0) is 14.3 Å². The summed E-state index contributed by atoms with van der Waals surface area (Å²) in [5.74, 6) is -0.875. The highest BCUT2D eigenvalue weighted by molar-refractivity contribution is 6.46. The molecule has 2 fully saturated rings. The lowest BCUT2D eigenvalue weighted by atomic mass is 9.96. The Morgan fingerprint density at radius 2 is 1.91 bits per heavy atom.